The number of rotatable bonds is 5. The fourth-order valence-electron chi connectivity index (χ4n) is 5.74. The number of piperidine rings is 1. The van der Waals surface area contributed by atoms with Gasteiger partial charge in [-0.25, -0.2) is 9.59 Å². The van der Waals surface area contributed by atoms with Crippen LogP contribution in [0.5, 0.6) is 0 Å². The highest BCUT2D eigenvalue weighted by Gasteiger charge is 2.46. The average Bonchev–Trinajstić information content (AvgIpc) is 3.19. The zero-order chi connectivity index (χ0) is 28.7. The molecule has 1 saturated heterocycles. The lowest BCUT2D eigenvalue weighted by Crippen LogP contribution is -2.56. The third-order valence-electron chi connectivity index (χ3n) is 7.26. The molecule has 1 aromatic carbocycles. The Morgan fingerprint density at radius 2 is 1.69 bits per heavy atom. The molecule has 2 aliphatic rings. The van der Waals surface area contributed by atoms with E-state index in [1.165, 1.54) is 0 Å². The molecular formula is C30H44N4O5. The lowest BCUT2D eigenvalue weighted by molar-refractivity contribution is -0.127. The number of carbonyl (C=O) groups excluding carboxylic acids is 3. The summed E-state index contributed by atoms with van der Waals surface area (Å²) >= 11 is 0. The van der Waals surface area contributed by atoms with Crippen molar-refractivity contribution in [2.45, 2.75) is 84.0 Å². The predicted molar refractivity (Wildman–Crippen MR) is 151 cm³/mol. The minimum absolute atomic E-state index is 0.0370. The second-order valence-electron chi connectivity index (χ2n) is 13.1. The quantitative estimate of drug-likeness (QED) is 0.550. The van der Waals surface area contributed by atoms with E-state index >= 15 is 0 Å². The number of hydrogen-bond acceptors (Lipinski definition) is 6. The Balaban J connectivity index is 1.68. The number of nitrogens with one attached hydrogen (secondary N) is 1. The minimum Gasteiger partial charge on any atom is -0.444 e. The molecule has 9 nitrogen and oxygen atoms in total. The Kier molecular flexibility index (Phi) is 8.03. The monoisotopic (exact) mass is 540 g/mol. The molecule has 1 aromatic heterocycles. The second kappa shape index (κ2) is 10.8. The Hall–Kier alpha value is -3.07. The number of aromatic nitrogens is 1. The summed E-state index contributed by atoms with van der Waals surface area (Å²) in [5.74, 6) is -0.456. The van der Waals surface area contributed by atoms with Gasteiger partial charge in [-0.2, -0.15) is 0 Å². The predicted octanol–water partition coefficient (Wildman–Crippen LogP) is 4.76. The summed E-state index contributed by atoms with van der Waals surface area (Å²) < 4.78 is 13.1. The van der Waals surface area contributed by atoms with Gasteiger partial charge in [-0.3, -0.25) is 9.36 Å². The molecular weight excluding hydrogens is 496 g/mol. The highest BCUT2D eigenvalue weighted by atomic mass is 16.6. The summed E-state index contributed by atoms with van der Waals surface area (Å²) in [5.41, 5.74) is 1.55. The summed E-state index contributed by atoms with van der Waals surface area (Å²) in [7, 11) is 4.02. The summed E-state index contributed by atoms with van der Waals surface area (Å²) in [6.07, 6.45) is 3.05. The highest BCUT2D eigenvalue weighted by Crippen LogP contribution is 2.46. The second-order valence-corrected chi connectivity index (χ2v) is 13.1. The lowest BCUT2D eigenvalue weighted by Gasteiger charge is -2.46. The Morgan fingerprint density at radius 3 is 2.33 bits per heavy atom. The molecule has 4 rings (SSSR count). The van der Waals surface area contributed by atoms with Crippen molar-refractivity contribution in [3.05, 3.63) is 35.5 Å². The highest BCUT2D eigenvalue weighted by molar-refractivity contribution is 5.95. The molecule has 3 atom stereocenters. The first kappa shape index (κ1) is 28.9. The van der Waals surface area contributed by atoms with Crippen molar-refractivity contribution in [1.29, 1.82) is 0 Å². The van der Waals surface area contributed by atoms with Crippen LogP contribution >= 0.6 is 0 Å². The number of amides is 2. The first-order valence-corrected chi connectivity index (χ1v) is 13.9. The Labute approximate surface area is 231 Å². The molecule has 2 amide bonds. The largest absolute Gasteiger partial charge is 0.444 e. The van der Waals surface area contributed by atoms with Crippen molar-refractivity contribution in [2.75, 3.05) is 33.7 Å². The van der Waals surface area contributed by atoms with Crippen LogP contribution in [0.1, 0.15) is 71.4 Å². The van der Waals surface area contributed by atoms with Gasteiger partial charge in [0.25, 0.3) is 0 Å². The average molecular weight is 541 g/mol. The number of fused-ring (bicyclic) bond motifs is 2. The molecule has 9 heteroatoms. The number of ether oxygens (including phenoxy) is 2. The minimum atomic E-state index is -0.659. The molecule has 1 fully saturated rings. The van der Waals surface area contributed by atoms with Crippen molar-refractivity contribution >= 4 is 29.0 Å². The van der Waals surface area contributed by atoms with E-state index in [4.69, 9.17) is 9.47 Å². The lowest BCUT2D eigenvalue weighted by atomic mass is 9.72. The van der Waals surface area contributed by atoms with Gasteiger partial charge >= 0.3 is 12.2 Å². The van der Waals surface area contributed by atoms with Crippen molar-refractivity contribution in [2.24, 2.45) is 5.92 Å². The van der Waals surface area contributed by atoms with Gasteiger partial charge in [0.1, 0.15) is 11.2 Å². The summed E-state index contributed by atoms with van der Waals surface area (Å²) in [5, 5.41) is 4.10. The molecule has 1 aliphatic carbocycles. The van der Waals surface area contributed by atoms with Crippen LogP contribution in [0.25, 0.3) is 10.9 Å². The molecule has 39 heavy (non-hydrogen) atoms. The van der Waals surface area contributed by atoms with E-state index in [1.807, 2.05) is 74.0 Å². The number of benzene rings is 1. The summed E-state index contributed by atoms with van der Waals surface area (Å²) in [6, 6.07) is 5.75. The number of hydrogen-bond donors (Lipinski definition) is 1. The van der Waals surface area contributed by atoms with E-state index in [-0.39, 0.29) is 23.8 Å². The van der Waals surface area contributed by atoms with Crippen molar-refractivity contribution in [1.82, 2.24) is 19.7 Å². The van der Waals surface area contributed by atoms with Crippen molar-refractivity contribution in [3.63, 3.8) is 0 Å². The molecule has 2 heterocycles. The molecule has 0 saturated carbocycles. The van der Waals surface area contributed by atoms with Gasteiger partial charge in [0.05, 0.1) is 11.4 Å². The van der Waals surface area contributed by atoms with Crippen LogP contribution in [0.2, 0.25) is 0 Å². The van der Waals surface area contributed by atoms with Gasteiger partial charge in [-0.1, -0.05) is 12.1 Å². The smallest absolute Gasteiger partial charge is 0.419 e. The molecule has 0 bridgehead atoms. The molecule has 2 aromatic rings. The zero-order valence-corrected chi connectivity index (χ0v) is 24.7. The zero-order valence-electron chi connectivity index (χ0n) is 24.7. The number of nitrogens with zero attached hydrogens (tertiary/aromatic N) is 3. The van der Waals surface area contributed by atoms with Crippen LogP contribution in [-0.4, -0.2) is 83.4 Å². The van der Waals surface area contributed by atoms with E-state index in [1.54, 1.807) is 9.47 Å². The standard InChI is InChI=1S/C30H44N4O5/c1-29(2,3)38-27(36)33-17-19-16-24-22(21-11-9-12-23(33)25(19)21)15-20(26(35)31-13-10-14-32(7)8)18-34(24)28(37)39-30(4,5)6/h9,11-12,17,20,22,24H,10,13-16,18H2,1-8H3,(H,31,35)/t20?,22-,24-/m1/s1. The van der Waals surface area contributed by atoms with Crippen LogP contribution in [0, 0.1) is 5.92 Å². The van der Waals surface area contributed by atoms with Gasteiger partial charge in [-0.15, -0.1) is 0 Å². The third kappa shape index (κ3) is 6.57. The molecule has 1 aliphatic heterocycles. The van der Waals surface area contributed by atoms with E-state index in [2.05, 4.69) is 16.3 Å². The van der Waals surface area contributed by atoms with Gasteiger partial charge < -0.3 is 24.6 Å². The number of carbonyl (C=O) groups is 3. The van der Waals surface area contributed by atoms with Gasteiger partial charge in [0.2, 0.25) is 5.91 Å². The molecule has 1 unspecified atom stereocenters. The van der Waals surface area contributed by atoms with Crippen molar-refractivity contribution < 1.29 is 23.9 Å². The molecule has 0 radical (unpaired) electrons. The van der Waals surface area contributed by atoms with E-state index in [9.17, 15) is 14.4 Å². The maximum atomic E-state index is 13.5. The van der Waals surface area contributed by atoms with Gasteiger partial charge in [-0.05, 0) is 98.6 Å². The maximum Gasteiger partial charge on any atom is 0.419 e. The summed E-state index contributed by atoms with van der Waals surface area (Å²) in [6.45, 7) is 12.9. The van der Waals surface area contributed by atoms with Gasteiger partial charge in [0.15, 0.2) is 0 Å². The van der Waals surface area contributed by atoms with E-state index in [0.29, 0.717) is 25.9 Å². The molecule has 1 N–H and O–H groups in total. The van der Waals surface area contributed by atoms with E-state index < -0.39 is 23.4 Å². The van der Waals surface area contributed by atoms with E-state index in [0.717, 1.165) is 35.0 Å². The fraction of sp³-hybridized carbons (Fsp3) is 0.633. The van der Waals surface area contributed by atoms with Crippen LogP contribution in [0.3, 0.4) is 0 Å². The third-order valence-corrected chi connectivity index (χ3v) is 7.26. The Bertz CT molecular complexity index is 1240. The molecule has 214 valence electrons. The van der Waals surface area contributed by atoms with Crippen LogP contribution in [0.15, 0.2) is 24.4 Å². The van der Waals surface area contributed by atoms with Crippen LogP contribution in [-0.2, 0) is 20.7 Å². The SMILES string of the molecule is CN(C)CCCNC(=O)C1C[C@@H]2c3cccc4c3c(cn4C(=O)OC(C)(C)C)C[C@H]2N(C(=O)OC(C)(C)C)C1. The Morgan fingerprint density at radius 1 is 1.03 bits per heavy atom. The normalized spacial score (nSPS) is 21.1. The number of likely N-dealkylation sites (tertiary alicyclic amines) is 1. The maximum absolute atomic E-state index is 13.5. The fourth-order valence-corrected chi connectivity index (χ4v) is 5.74. The molecule has 0 spiro atoms. The first-order valence-electron chi connectivity index (χ1n) is 13.9. The summed E-state index contributed by atoms with van der Waals surface area (Å²) in [4.78, 5) is 43.7. The van der Waals surface area contributed by atoms with Gasteiger partial charge in [0, 0.05) is 36.6 Å². The van der Waals surface area contributed by atoms with Crippen LogP contribution in [0.4, 0.5) is 9.59 Å². The first-order chi connectivity index (χ1) is 18.1. The van der Waals surface area contributed by atoms with Crippen LogP contribution < -0.4 is 5.32 Å². The van der Waals surface area contributed by atoms with Crippen molar-refractivity contribution in [3.8, 4) is 0 Å². The topological polar surface area (TPSA) is 93.1 Å².